The van der Waals surface area contributed by atoms with Crippen LogP contribution in [-0.4, -0.2) is 56.6 Å². The molecule has 5 rings (SSSR count). The van der Waals surface area contributed by atoms with E-state index in [1.54, 1.807) is 24.3 Å². The summed E-state index contributed by atoms with van der Waals surface area (Å²) in [7, 11) is 0. The minimum absolute atomic E-state index is 0.0438. The average molecular weight is 440 g/mol. The molecule has 1 amide bonds. The average Bonchev–Trinajstić information content (AvgIpc) is 3.15. The number of carbonyl (C=O) groups is 1. The molecule has 166 valence electrons. The van der Waals surface area contributed by atoms with Gasteiger partial charge in [0, 0.05) is 43.0 Å². The molecule has 0 unspecified atom stereocenters. The number of benzene rings is 2. The molecule has 1 saturated heterocycles. The molecular weight excluding hydrogens is 414 g/mol. The Hall–Kier alpha value is -3.99. The fraction of sp³-hybridized carbons (Fsp3) is 0.320. The molecule has 2 aromatic carbocycles. The van der Waals surface area contributed by atoms with Crippen LogP contribution in [0.5, 0.6) is 0 Å². The Balaban J connectivity index is 1.49. The van der Waals surface area contributed by atoms with Crippen LogP contribution in [0.25, 0.3) is 16.6 Å². The molecule has 1 aliphatic rings. The lowest BCUT2D eigenvalue weighted by molar-refractivity contribution is 0.0767. The van der Waals surface area contributed by atoms with E-state index in [1.165, 1.54) is 0 Å². The largest absolute Gasteiger partial charge is 0.340 e. The van der Waals surface area contributed by atoms with Crippen LogP contribution in [0.1, 0.15) is 47.9 Å². The Morgan fingerprint density at radius 1 is 1.03 bits per heavy atom. The lowest BCUT2D eigenvalue weighted by Gasteiger charge is -2.24. The van der Waals surface area contributed by atoms with Gasteiger partial charge in [-0.3, -0.25) is 4.79 Å². The number of rotatable bonds is 3. The summed E-state index contributed by atoms with van der Waals surface area (Å²) in [5.41, 5.74) is 2.74. The second kappa shape index (κ2) is 8.51. The number of anilines is 1. The van der Waals surface area contributed by atoms with Gasteiger partial charge in [-0.05, 0) is 36.8 Å². The quantitative estimate of drug-likeness (QED) is 0.484. The van der Waals surface area contributed by atoms with Crippen molar-refractivity contribution in [1.29, 1.82) is 5.26 Å². The summed E-state index contributed by atoms with van der Waals surface area (Å²) in [6.07, 6.45) is 0.818. The van der Waals surface area contributed by atoms with Crippen molar-refractivity contribution in [2.24, 2.45) is 0 Å². The zero-order chi connectivity index (χ0) is 22.9. The van der Waals surface area contributed by atoms with E-state index in [1.807, 2.05) is 29.2 Å². The molecule has 0 radical (unpaired) electrons. The Labute approximate surface area is 192 Å². The third kappa shape index (κ3) is 3.76. The normalized spacial score (nSPS) is 14.6. The predicted molar refractivity (Wildman–Crippen MR) is 126 cm³/mol. The van der Waals surface area contributed by atoms with Gasteiger partial charge in [0.15, 0.2) is 5.65 Å². The van der Waals surface area contributed by atoms with E-state index in [4.69, 9.17) is 10.2 Å². The van der Waals surface area contributed by atoms with Gasteiger partial charge in [-0.2, -0.15) is 5.26 Å². The number of nitriles is 1. The van der Waals surface area contributed by atoms with Crippen molar-refractivity contribution < 1.29 is 4.79 Å². The fourth-order valence-electron chi connectivity index (χ4n) is 4.40. The van der Waals surface area contributed by atoms with Crippen molar-refractivity contribution in [3.8, 4) is 6.07 Å². The maximum absolute atomic E-state index is 13.1. The number of carbonyl (C=O) groups excluding carboxylic acids is 1. The second-order valence-corrected chi connectivity index (χ2v) is 8.63. The number of aromatic nitrogens is 4. The first kappa shape index (κ1) is 20.9. The van der Waals surface area contributed by atoms with Crippen molar-refractivity contribution in [3.05, 3.63) is 65.5 Å². The van der Waals surface area contributed by atoms with Crippen molar-refractivity contribution >= 4 is 28.4 Å². The SMILES string of the molecule is CC(C)c1nnc2c3ccccc3nc(N3CCCN(C(=O)c4cccc(C#N)c4)CC3)n12. The molecule has 0 saturated carbocycles. The van der Waals surface area contributed by atoms with Gasteiger partial charge in [0.25, 0.3) is 5.91 Å². The smallest absolute Gasteiger partial charge is 0.253 e. The molecule has 4 aromatic rings. The van der Waals surface area contributed by atoms with Crippen LogP contribution in [0.15, 0.2) is 48.5 Å². The Bertz CT molecular complexity index is 1380. The van der Waals surface area contributed by atoms with Gasteiger partial charge in [0.05, 0.1) is 17.1 Å². The summed E-state index contributed by atoms with van der Waals surface area (Å²) in [4.78, 5) is 22.2. The van der Waals surface area contributed by atoms with E-state index >= 15 is 0 Å². The van der Waals surface area contributed by atoms with E-state index < -0.39 is 0 Å². The van der Waals surface area contributed by atoms with Gasteiger partial charge in [-0.1, -0.05) is 32.0 Å². The number of hydrogen-bond acceptors (Lipinski definition) is 6. The van der Waals surface area contributed by atoms with Crippen LogP contribution in [0, 0.1) is 11.3 Å². The number of amides is 1. The van der Waals surface area contributed by atoms with Crippen LogP contribution in [-0.2, 0) is 0 Å². The molecular formula is C25H25N7O. The maximum Gasteiger partial charge on any atom is 0.253 e. The molecule has 0 aliphatic carbocycles. The highest BCUT2D eigenvalue weighted by molar-refractivity contribution is 5.95. The minimum Gasteiger partial charge on any atom is -0.340 e. The topological polar surface area (TPSA) is 90.4 Å². The van der Waals surface area contributed by atoms with Gasteiger partial charge in [-0.15, -0.1) is 10.2 Å². The Morgan fingerprint density at radius 2 is 1.88 bits per heavy atom. The van der Waals surface area contributed by atoms with E-state index in [0.717, 1.165) is 41.3 Å². The first-order valence-corrected chi connectivity index (χ1v) is 11.2. The summed E-state index contributed by atoms with van der Waals surface area (Å²) < 4.78 is 2.07. The first-order chi connectivity index (χ1) is 16.1. The summed E-state index contributed by atoms with van der Waals surface area (Å²) >= 11 is 0. The molecule has 1 aliphatic heterocycles. The standard InChI is InChI=1S/C25H25N7O/c1-17(2)22-28-29-23-20-9-3-4-10-21(20)27-25(32(22)23)31-12-6-11-30(13-14-31)24(33)19-8-5-7-18(15-19)16-26/h3-5,7-10,15,17H,6,11-14H2,1-2H3. The predicted octanol–water partition coefficient (Wildman–Crippen LogP) is 3.63. The van der Waals surface area contributed by atoms with Crippen LogP contribution < -0.4 is 4.90 Å². The highest BCUT2D eigenvalue weighted by Gasteiger charge is 2.25. The molecule has 2 aromatic heterocycles. The molecule has 8 heteroatoms. The highest BCUT2D eigenvalue weighted by atomic mass is 16.2. The van der Waals surface area contributed by atoms with Crippen molar-refractivity contribution in [2.45, 2.75) is 26.2 Å². The van der Waals surface area contributed by atoms with E-state index in [-0.39, 0.29) is 11.8 Å². The molecule has 0 bridgehead atoms. The number of fused-ring (bicyclic) bond motifs is 3. The summed E-state index contributed by atoms with van der Waals surface area (Å²) in [5.74, 6) is 1.85. The zero-order valence-electron chi connectivity index (χ0n) is 18.8. The van der Waals surface area contributed by atoms with Crippen molar-refractivity contribution in [3.63, 3.8) is 0 Å². The summed E-state index contributed by atoms with van der Waals surface area (Å²) in [5, 5.41) is 19.1. The third-order valence-electron chi connectivity index (χ3n) is 6.07. The fourth-order valence-corrected chi connectivity index (χ4v) is 4.40. The maximum atomic E-state index is 13.1. The summed E-state index contributed by atoms with van der Waals surface area (Å²) in [6.45, 7) is 6.87. The molecule has 33 heavy (non-hydrogen) atoms. The van der Waals surface area contributed by atoms with Crippen molar-refractivity contribution in [2.75, 3.05) is 31.1 Å². The molecule has 3 heterocycles. The zero-order valence-corrected chi connectivity index (χ0v) is 18.8. The number of hydrogen-bond donors (Lipinski definition) is 0. The van der Waals surface area contributed by atoms with E-state index in [9.17, 15) is 4.79 Å². The molecule has 8 nitrogen and oxygen atoms in total. The Kier molecular flexibility index (Phi) is 5.38. The van der Waals surface area contributed by atoms with Gasteiger partial charge in [-0.25, -0.2) is 9.38 Å². The molecule has 0 atom stereocenters. The number of nitrogens with zero attached hydrogens (tertiary/aromatic N) is 7. The second-order valence-electron chi connectivity index (χ2n) is 8.63. The van der Waals surface area contributed by atoms with E-state index in [0.29, 0.717) is 30.8 Å². The third-order valence-corrected chi connectivity index (χ3v) is 6.07. The van der Waals surface area contributed by atoms with Crippen molar-refractivity contribution in [1.82, 2.24) is 24.5 Å². The van der Waals surface area contributed by atoms with Crippen LogP contribution in [0.4, 0.5) is 5.95 Å². The van der Waals surface area contributed by atoms with Gasteiger partial charge >= 0.3 is 0 Å². The van der Waals surface area contributed by atoms with Gasteiger partial charge in [0.2, 0.25) is 5.95 Å². The summed E-state index contributed by atoms with van der Waals surface area (Å²) in [6, 6.07) is 17.0. The monoisotopic (exact) mass is 439 g/mol. The first-order valence-electron chi connectivity index (χ1n) is 11.2. The van der Waals surface area contributed by atoms with E-state index in [2.05, 4.69) is 39.4 Å². The Morgan fingerprint density at radius 3 is 2.70 bits per heavy atom. The van der Waals surface area contributed by atoms with Gasteiger partial charge in [0.1, 0.15) is 5.82 Å². The lowest BCUT2D eigenvalue weighted by atomic mass is 10.1. The molecule has 0 spiro atoms. The van der Waals surface area contributed by atoms with Crippen LogP contribution >= 0.6 is 0 Å². The molecule has 0 N–H and O–H groups in total. The van der Waals surface area contributed by atoms with Crippen LogP contribution in [0.2, 0.25) is 0 Å². The lowest BCUT2D eigenvalue weighted by Crippen LogP contribution is -2.36. The van der Waals surface area contributed by atoms with Crippen LogP contribution in [0.3, 0.4) is 0 Å². The molecule has 1 fully saturated rings. The minimum atomic E-state index is -0.0438. The number of para-hydroxylation sites is 1. The highest BCUT2D eigenvalue weighted by Crippen LogP contribution is 2.27. The van der Waals surface area contributed by atoms with Gasteiger partial charge < -0.3 is 9.80 Å².